The molecule has 0 saturated heterocycles. The summed E-state index contributed by atoms with van der Waals surface area (Å²) in [6, 6.07) is 5.38. The summed E-state index contributed by atoms with van der Waals surface area (Å²) in [6.07, 6.45) is 3.50. The number of imidazole rings is 1. The molecule has 2 atom stereocenters. The van der Waals surface area contributed by atoms with Crippen LogP contribution in [0.15, 0.2) is 36.8 Å². The lowest BCUT2D eigenvalue weighted by Gasteiger charge is -2.22. The first-order chi connectivity index (χ1) is 13.8. The van der Waals surface area contributed by atoms with Crippen molar-refractivity contribution in [1.29, 1.82) is 0 Å². The predicted octanol–water partition coefficient (Wildman–Crippen LogP) is 0.314. The molecule has 2 aromatic rings. The van der Waals surface area contributed by atoms with Gasteiger partial charge in [-0.05, 0) is 17.7 Å². The van der Waals surface area contributed by atoms with Gasteiger partial charge in [0.2, 0.25) is 17.7 Å². The Bertz CT molecular complexity index is 818. The van der Waals surface area contributed by atoms with E-state index in [0.717, 1.165) is 5.56 Å². The van der Waals surface area contributed by atoms with E-state index in [1.165, 1.54) is 6.33 Å². The van der Waals surface area contributed by atoms with Gasteiger partial charge in [-0.2, -0.15) is 0 Å². The molecule has 29 heavy (non-hydrogen) atoms. The molecule has 0 aliphatic rings. The number of aromatic amines is 1. The number of hydrogen-bond acceptors (Lipinski definition) is 5. The molecule has 5 N–H and O–H groups in total. The van der Waals surface area contributed by atoms with Crippen molar-refractivity contribution in [1.82, 2.24) is 20.6 Å². The lowest BCUT2D eigenvalue weighted by atomic mass is 10.0. The Kier molecular flexibility index (Phi) is 7.76. The number of aromatic nitrogens is 2. The maximum absolute atomic E-state index is 12.9. The van der Waals surface area contributed by atoms with Gasteiger partial charge in [0, 0.05) is 25.0 Å². The van der Waals surface area contributed by atoms with E-state index in [0.29, 0.717) is 11.4 Å². The topological polar surface area (TPSA) is 139 Å². The Morgan fingerprint density at radius 2 is 1.72 bits per heavy atom. The maximum atomic E-state index is 12.9. The quantitative estimate of drug-likeness (QED) is 0.454. The number of nitrogens with two attached hydrogens (primary N) is 1. The van der Waals surface area contributed by atoms with Crippen LogP contribution in [0.2, 0.25) is 0 Å². The fourth-order valence-corrected chi connectivity index (χ4v) is 2.65. The summed E-state index contributed by atoms with van der Waals surface area (Å²) in [5, 5.41) is 5.38. The second kappa shape index (κ2) is 10.3. The third-order valence-electron chi connectivity index (χ3n) is 4.38. The van der Waals surface area contributed by atoms with Crippen LogP contribution in [0.3, 0.4) is 0 Å². The van der Waals surface area contributed by atoms with E-state index >= 15 is 0 Å². The summed E-state index contributed by atoms with van der Waals surface area (Å²) in [4.78, 5) is 43.7. The lowest BCUT2D eigenvalue weighted by Crippen LogP contribution is -2.54. The standard InChI is InChI=1S/C20H27N5O4/c1-12(2)19(27)25-17(8-13-4-6-15(29-3)7-5-13)20(28)24-16(18(21)26)9-14-10-22-11-23-14/h4-7,10-12,16-17H,8-9H2,1-3H3,(H2,21,26)(H,22,23)(H,24,28)(H,25,27)/t16-,17-/m0/s1. The number of methoxy groups -OCH3 is 1. The number of nitrogens with zero attached hydrogens (tertiary/aromatic N) is 1. The summed E-state index contributed by atoms with van der Waals surface area (Å²) >= 11 is 0. The average molecular weight is 401 g/mol. The summed E-state index contributed by atoms with van der Waals surface area (Å²) < 4.78 is 5.14. The highest BCUT2D eigenvalue weighted by atomic mass is 16.5. The van der Waals surface area contributed by atoms with E-state index in [4.69, 9.17) is 10.5 Å². The van der Waals surface area contributed by atoms with Crippen LogP contribution in [0, 0.1) is 5.92 Å². The van der Waals surface area contributed by atoms with Crippen molar-refractivity contribution in [3.05, 3.63) is 48.0 Å². The molecule has 0 aliphatic heterocycles. The molecule has 0 fully saturated rings. The number of rotatable bonds is 10. The van der Waals surface area contributed by atoms with Crippen LogP contribution in [0.25, 0.3) is 0 Å². The van der Waals surface area contributed by atoms with E-state index in [-0.39, 0.29) is 24.7 Å². The lowest BCUT2D eigenvalue weighted by molar-refractivity contribution is -0.132. The summed E-state index contributed by atoms with van der Waals surface area (Å²) in [7, 11) is 1.57. The molecule has 0 aliphatic carbocycles. The number of carbonyl (C=O) groups excluding carboxylic acids is 3. The highest BCUT2D eigenvalue weighted by Crippen LogP contribution is 2.13. The van der Waals surface area contributed by atoms with Gasteiger partial charge in [-0.1, -0.05) is 26.0 Å². The van der Waals surface area contributed by atoms with Gasteiger partial charge in [0.05, 0.1) is 19.1 Å². The normalized spacial score (nSPS) is 12.8. The minimum atomic E-state index is -0.944. The van der Waals surface area contributed by atoms with Gasteiger partial charge in [-0.25, -0.2) is 4.98 Å². The first-order valence-electron chi connectivity index (χ1n) is 9.30. The Balaban J connectivity index is 2.14. The molecule has 0 saturated carbocycles. The zero-order chi connectivity index (χ0) is 21.4. The molecule has 9 nitrogen and oxygen atoms in total. The molecule has 0 unspecified atom stereocenters. The second-order valence-electron chi connectivity index (χ2n) is 7.00. The monoisotopic (exact) mass is 401 g/mol. The summed E-state index contributed by atoms with van der Waals surface area (Å²) in [6.45, 7) is 3.48. The molecule has 0 spiro atoms. The highest BCUT2D eigenvalue weighted by Gasteiger charge is 2.27. The molecule has 1 aromatic carbocycles. The van der Waals surface area contributed by atoms with Crippen molar-refractivity contribution in [2.24, 2.45) is 11.7 Å². The number of hydrogen-bond donors (Lipinski definition) is 4. The van der Waals surface area contributed by atoms with E-state index in [2.05, 4.69) is 20.6 Å². The summed E-state index contributed by atoms with van der Waals surface area (Å²) in [5.74, 6) is -1.04. The van der Waals surface area contributed by atoms with Crippen molar-refractivity contribution in [3.63, 3.8) is 0 Å². The van der Waals surface area contributed by atoms with Crippen LogP contribution in [0.4, 0.5) is 0 Å². The number of nitrogens with one attached hydrogen (secondary N) is 3. The van der Waals surface area contributed by atoms with E-state index in [9.17, 15) is 14.4 Å². The van der Waals surface area contributed by atoms with Gasteiger partial charge in [0.25, 0.3) is 0 Å². The number of primary amides is 1. The average Bonchev–Trinajstić information content (AvgIpc) is 3.20. The van der Waals surface area contributed by atoms with Crippen molar-refractivity contribution < 1.29 is 19.1 Å². The number of ether oxygens (including phenoxy) is 1. The molecule has 3 amide bonds. The minimum Gasteiger partial charge on any atom is -0.497 e. The molecule has 1 heterocycles. The van der Waals surface area contributed by atoms with E-state index in [1.54, 1.807) is 39.3 Å². The van der Waals surface area contributed by atoms with Crippen LogP contribution >= 0.6 is 0 Å². The molecule has 0 radical (unpaired) electrons. The Morgan fingerprint density at radius 3 is 2.24 bits per heavy atom. The van der Waals surface area contributed by atoms with E-state index < -0.39 is 23.9 Å². The SMILES string of the molecule is COc1ccc(C[C@H](NC(=O)C(C)C)C(=O)N[C@@H](Cc2c[nH]cn2)C(N)=O)cc1. The number of amides is 3. The third kappa shape index (κ3) is 6.63. The largest absolute Gasteiger partial charge is 0.497 e. The minimum absolute atomic E-state index is 0.151. The fourth-order valence-electron chi connectivity index (χ4n) is 2.65. The molecule has 2 rings (SSSR count). The van der Waals surface area contributed by atoms with Gasteiger partial charge in [-0.15, -0.1) is 0 Å². The Labute approximate surface area is 169 Å². The number of carbonyl (C=O) groups is 3. The molecular weight excluding hydrogens is 374 g/mol. The second-order valence-corrected chi connectivity index (χ2v) is 7.00. The first kappa shape index (κ1) is 21.9. The molecule has 9 heteroatoms. The summed E-state index contributed by atoms with van der Waals surface area (Å²) in [5.41, 5.74) is 6.86. The van der Waals surface area contributed by atoms with Crippen LogP contribution in [-0.4, -0.2) is 46.9 Å². The van der Waals surface area contributed by atoms with Crippen LogP contribution < -0.4 is 21.1 Å². The van der Waals surface area contributed by atoms with E-state index in [1.807, 2.05) is 12.1 Å². The maximum Gasteiger partial charge on any atom is 0.243 e. The first-order valence-corrected chi connectivity index (χ1v) is 9.30. The van der Waals surface area contributed by atoms with Crippen molar-refractivity contribution in [3.8, 4) is 5.75 Å². The van der Waals surface area contributed by atoms with Gasteiger partial charge in [0.15, 0.2) is 0 Å². The third-order valence-corrected chi connectivity index (χ3v) is 4.38. The Morgan fingerprint density at radius 1 is 1.07 bits per heavy atom. The Hall–Kier alpha value is -3.36. The number of benzene rings is 1. The van der Waals surface area contributed by atoms with Gasteiger partial charge in [-0.3, -0.25) is 14.4 Å². The smallest absolute Gasteiger partial charge is 0.243 e. The molecule has 1 aromatic heterocycles. The van der Waals surface area contributed by atoms with Gasteiger partial charge < -0.3 is 26.1 Å². The molecule has 156 valence electrons. The van der Waals surface area contributed by atoms with Crippen LogP contribution in [0.1, 0.15) is 25.1 Å². The van der Waals surface area contributed by atoms with Crippen LogP contribution in [-0.2, 0) is 27.2 Å². The van der Waals surface area contributed by atoms with Crippen LogP contribution in [0.5, 0.6) is 5.75 Å². The molecule has 0 bridgehead atoms. The number of H-pyrrole nitrogens is 1. The highest BCUT2D eigenvalue weighted by molar-refractivity contribution is 5.92. The predicted molar refractivity (Wildman–Crippen MR) is 107 cm³/mol. The molecular formula is C20H27N5O4. The fraction of sp³-hybridized carbons (Fsp3) is 0.400. The zero-order valence-corrected chi connectivity index (χ0v) is 16.8. The van der Waals surface area contributed by atoms with Crippen molar-refractivity contribution in [2.75, 3.05) is 7.11 Å². The van der Waals surface area contributed by atoms with Gasteiger partial charge in [0.1, 0.15) is 17.8 Å². The van der Waals surface area contributed by atoms with Gasteiger partial charge >= 0.3 is 0 Å². The zero-order valence-electron chi connectivity index (χ0n) is 16.8. The van der Waals surface area contributed by atoms with Crippen molar-refractivity contribution >= 4 is 17.7 Å². The van der Waals surface area contributed by atoms with Crippen molar-refractivity contribution in [2.45, 2.75) is 38.8 Å².